The highest BCUT2D eigenvalue weighted by Gasteiger charge is 2.08. The molecule has 0 spiro atoms. The van der Waals surface area contributed by atoms with E-state index in [0.29, 0.717) is 5.75 Å². The molecule has 0 amide bonds. The van der Waals surface area contributed by atoms with Crippen molar-refractivity contribution in [3.63, 3.8) is 0 Å². The van der Waals surface area contributed by atoms with E-state index in [-0.39, 0.29) is 6.79 Å². The fraction of sp³-hybridized carbons (Fsp3) is 0.100. The van der Waals surface area contributed by atoms with E-state index in [2.05, 4.69) is 54.4 Å². The van der Waals surface area contributed by atoms with Crippen LogP contribution in [0.3, 0.4) is 0 Å². The van der Waals surface area contributed by atoms with Crippen molar-refractivity contribution in [1.29, 1.82) is 0 Å². The maximum Gasteiger partial charge on any atom is 0.333 e. The Morgan fingerprint density at radius 1 is 1.31 bits per heavy atom. The van der Waals surface area contributed by atoms with Gasteiger partial charge in [0.25, 0.3) is 0 Å². The predicted molar refractivity (Wildman–Crippen MR) is 71.3 cm³/mol. The van der Waals surface area contributed by atoms with E-state index in [1.807, 2.05) is 12.1 Å². The number of benzene rings is 1. The van der Waals surface area contributed by atoms with E-state index in [1.54, 1.807) is 0 Å². The third kappa shape index (κ3) is 3.92. The van der Waals surface area contributed by atoms with Crippen molar-refractivity contribution in [3.05, 3.63) is 38.2 Å². The molecule has 0 aromatic heterocycles. The fourth-order valence-corrected chi connectivity index (χ4v) is 3.36. The second kappa shape index (κ2) is 6.42. The van der Waals surface area contributed by atoms with Gasteiger partial charge in [0.2, 0.25) is 6.79 Å². The molecular weight excluding hydrogens is 408 g/mol. The van der Waals surface area contributed by atoms with Gasteiger partial charge in [-0.25, -0.2) is 4.79 Å². The number of rotatable bonds is 4. The highest BCUT2D eigenvalue weighted by atomic mass is 79.9. The topological polar surface area (TPSA) is 35.5 Å². The third-order valence-corrected chi connectivity index (χ3v) is 3.17. The largest absolute Gasteiger partial charge is 0.455 e. The van der Waals surface area contributed by atoms with Crippen molar-refractivity contribution >= 4 is 53.8 Å². The maximum absolute atomic E-state index is 10.8. The Morgan fingerprint density at radius 2 is 1.88 bits per heavy atom. The third-order valence-electron chi connectivity index (χ3n) is 1.53. The van der Waals surface area contributed by atoms with Crippen molar-refractivity contribution in [2.24, 2.45) is 0 Å². The first-order valence-corrected chi connectivity index (χ1v) is 6.49. The van der Waals surface area contributed by atoms with Crippen LogP contribution < -0.4 is 4.74 Å². The van der Waals surface area contributed by atoms with E-state index >= 15 is 0 Å². The summed E-state index contributed by atoms with van der Waals surface area (Å²) in [5, 5.41) is 0. The molecule has 0 aliphatic carbocycles. The number of ether oxygens (including phenoxy) is 2. The van der Waals surface area contributed by atoms with Crippen molar-refractivity contribution in [1.82, 2.24) is 0 Å². The SMILES string of the molecule is C=CC(=O)OCOc1c(Br)cc(Br)cc1Br. The van der Waals surface area contributed by atoms with Crippen LogP contribution in [-0.4, -0.2) is 12.8 Å². The first-order valence-electron chi connectivity index (χ1n) is 4.11. The summed E-state index contributed by atoms with van der Waals surface area (Å²) in [5.74, 6) is 0.0458. The van der Waals surface area contributed by atoms with Crippen molar-refractivity contribution < 1.29 is 14.3 Å². The molecule has 1 aromatic rings. The Hall–Kier alpha value is -0.330. The van der Waals surface area contributed by atoms with E-state index in [1.165, 1.54) is 0 Å². The molecule has 0 heterocycles. The number of carbonyl (C=O) groups is 1. The molecule has 0 atom stereocenters. The zero-order chi connectivity index (χ0) is 12.1. The average Bonchev–Trinajstić information content (AvgIpc) is 2.21. The molecule has 0 saturated heterocycles. The molecule has 0 N–H and O–H groups in total. The van der Waals surface area contributed by atoms with Crippen molar-refractivity contribution in [3.8, 4) is 5.75 Å². The van der Waals surface area contributed by atoms with Crippen LogP contribution in [0.2, 0.25) is 0 Å². The molecule has 0 aliphatic rings. The number of hydrogen-bond acceptors (Lipinski definition) is 3. The van der Waals surface area contributed by atoms with Gasteiger partial charge in [-0.1, -0.05) is 22.5 Å². The summed E-state index contributed by atoms with van der Waals surface area (Å²) in [6.45, 7) is 3.12. The smallest absolute Gasteiger partial charge is 0.333 e. The van der Waals surface area contributed by atoms with Crippen LogP contribution in [-0.2, 0) is 9.53 Å². The summed E-state index contributed by atoms with van der Waals surface area (Å²) >= 11 is 10.0. The lowest BCUT2D eigenvalue weighted by Gasteiger charge is -2.10. The lowest BCUT2D eigenvalue weighted by Crippen LogP contribution is -2.08. The highest BCUT2D eigenvalue weighted by molar-refractivity contribution is 9.11. The number of carbonyl (C=O) groups excluding carboxylic acids is 1. The van der Waals surface area contributed by atoms with Gasteiger partial charge in [0.05, 0.1) is 8.95 Å². The summed E-state index contributed by atoms with van der Waals surface area (Å²) in [7, 11) is 0. The summed E-state index contributed by atoms with van der Waals surface area (Å²) in [6, 6.07) is 3.66. The van der Waals surface area contributed by atoms with Crippen molar-refractivity contribution in [2.45, 2.75) is 0 Å². The first-order chi connectivity index (χ1) is 7.54. The Morgan fingerprint density at radius 3 is 2.38 bits per heavy atom. The van der Waals surface area contributed by atoms with Crippen LogP contribution in [0.25, 0.3) is 0 Å². The van der Waals surface area contributed by atoms with Gasteiger partial charge in [0.15, 0.2) is 5.75 Å². The average molecular weight is 415 g/mol. The summed E-state index contributed by atoms with van der Waals surface area (Å²) in [5.41, 5.74) is 0. The van der Waals surface area contributed by atoms with Crippen LogP contribution in [0.1, 0.15) is 0 Å². The standard InChI is InChI=1S/C10H7Br3O3/c1-2-9(14)15-5-16-10-7(12)3-6(11)4-8(10)13/h2-4H,1,5H2. The van der Waals surface area contributed by atoms with Crippen LogP contribution >= 0.6 is 47.8 Å². The second-order valence-corrected chi connectivity index (χ2v) is 5.25. The summed E-state index contributed by atoms with van der Waals surface area (Å²) in [6.07, 6.45) is 1.08. The van der Waals surface area contributed by atoms with E-state index in [0.717, 1.165) is 19.5 Å². The maximum atomic E-state index is 10.8. The van der Waals surface area contributed by atoms with Gasteiger partial charge in [-0.05, 0) is 44.0 Å². The van der Waals surface area contributed by atoms with Crippen LogP contribution in [0.4, 0.5) is 0 Å². The van der Waals surface area contributed by atoms with E-state index in [4.69, 9.17) is 9.47 Å². The van der Waals surface area contributed by atoms with E-state index < -0.39 is 5.97 Å². The van der Waals surface area contributed by atoms with Gasteiger partial charge >= 0.3 is 5.97 Å². The molecule has 1 aromatic carbocycles. The minimum absolute atomic E-state index is 0.163. The lowest BCUT2D eigenvalue weighted by atomic mass is 10.3. The zero-order valence-electron chi connectivity index (χ0n) is 8.00. The molecule has 0 fully saturated rings. The summed E-state index contributed by atoms with van der Waals surface area (Å²) < 4.78 is 12.4. The minimum Gasteiger partial charge on any atom is -0.455 e. The van der Waals surface area contributed by atoms with Gasteiger partial charge < -0.3 is 9.47 Å². The van der Waals surface area contributed by atoms with Crippen LogP contribution in [0.15, 0.2) is 38.2 Å². The molecule has 0 radical (unpaired) electrons. The predicted octanol–water partition coefficient (Wildman–Crippen LogP) is 4.04. The molecule has 0 aliphatic heterocycles. The Kier molecular flexibility index (Phi) is 5.51. The minimum atomic E-state index is -0.524. The summed E-state index contributed by atoms with van der Waals surface area (Å²) in [4.78, 5) is 10.8. The number of esters is 1. The van der Waals surface area contributed by atoms with Gasteiger partial charge in [0, 0.05) is 10.5 Å². The quantitative estimate of drug-likeness (QED) is 0.424. The van der Waals surface area contributed by atoms with Gasteiger partial charge in [-0.2, -0.15) is 0 Å². The Balaban J connectivity index is 2.67. The normalized spacial score (nSPS) is 9.69. The molecule has 16 heavy (non-hydrogen) atoms. The number of halogens is 3. The second-order valence-electron chi connectivity index (χ2n) is 2.63. The van der Waals surface area contributed by atoms with Gasteiger partial charge in [-0.15, -0.1) is 0 Å². The molecule has 6 heteroatoms. The Bertz CT molecular complexity index is 395. The Labute approximate surface area is 118 Å². The first kappa shape index (κ1) is 13.7. The molecule has 1 rings (SSSR count). The molecule has 0 saturated carbocycles. The molecule has 0 unspecified atom stereocenters. The zero-order valence-corrected chi connectivity index (χ0v) is 12.8. The molecule has 0 bridgehead atoms. The fourth-order valence-electron chi connectivity index (χ4n) is 0.872. The molecular formula is C10H7Br3O3. The van der Waals surface area contributed by atoms with E-state index in [9.17, 15) is 4.79 Å². The van der Waals surface area contributed by atoms with Gasteiger partial charge in [0.1, 0.15) is 0 Å². The molecule has 86 valence electrons. The monoisotopic (exact) mass is 412 g/mol. The van der Waals surface area contributed by atoms with Crippen LogP contribution in [0, 0.1) is 0 Å². The van der Waals surface area contributed by atoms with Crippen molar-refractivity contribution in [2.75, 3.05) is 6.79 Å². The van der Waals surface area contributed by atoms with Crippen LogP contribution in [0.5, 0.6) is 5.75 Å². The molecule has 3 nitrogen and oxygen atoms in total. The highest BCUT2D eigenvalue weighted by Crippen LogP contribution is 2.36. The number of hydrogen-bond donors (Lipinski definition) is 0. The lowest BCUT2D eigenvalue weighted by molar-refractivity contribution is -0.144. The van der Waals surface area contributed by atoms with Gasteiger partial charge in [-0.3, -0.25) is 0 Å².